The molecule has 5 aromatic carbocycles. The highest BCUT2D eigenvalue weighted by atomic mass is 16.5. The number of nitrogens with two attached hydrogens (primary N) is 2. The Morgan fingerprint density at radius 2 is 1.22 bits per heavy atom. The average Bonchev–Trinajstić information content (AvgIpc) is 3.29. The minimum atomic E-state index is -1.11. The Kier molecular flexibility index (Phi) is 19.0. The molecule has 5 aromatic rings. The third-order valence-electron chi connectivity index (χ3n) is 11.0. The van der Waals surface area contributed by atoms with Crippen LogP contribution in [-0.4, -0.2) is 74.1 Å². The second kappa shape index (κ2) is 25.0. The summed E-state index contributed by atoms with van der Waals surface area (Å²) in [6.07, 6.45) is 2.71. The summed E-state index contributed by atoms with van der Waals surface area (Å²) in [5.74, 6) is -1.31. The second-order valence-corrected chi connectivity index (χ2v) is 16.9. The van der Waals surface area contributed by atoms with Gasteiger partial charge in [-0.15, -0.1) is 0 Å². The maximum absolute atomic E-state index is 14.1. The summed E-state index contributed by atoms with van der Waals surface area (Å²) in [5.41, 5.74) is 13.7. The minimum Gasteiger partial charge on any atom is -0.493 e. The van der Waals surface area contributed by atoms with Crippen molar-refractivity contribution in [3.05, 3.63) is 109 Å². The van der Waals surface area contributed by atoms with Crippen LogP contribution in [0.1, 0.15) is 71.8 Å². The lowest BCUT2D eigenvalue weighted by atomic mass is 9.92. The molecule has 0 aromatic heterocycles. The van der Waals surface area contributed by atoms with Crippen LogP contribution in [0, 0.1) is 17.2 Å². The smallest absolute Gasteiger partial charge is 0.329 e. The Hall–Kier alpha value is -6.67. The molecular formula is C51H65N7O7. The molecule has 0 radical (unpaired) electrons. The van der Waals surface area contributed by atoms with Gasteiger partial charge in [0.15, 0.2) is 12.6 Å². The molecule has 9 N–H and O–H groups in total. The summed E-state index contributed by atoms with van der Waals surface area (Å²) in [5, 5.41) is 22.6. The van der Waals surface area contributed by atoms with Crippen LogP contribution in [0.15, 0.2) is 103 Å². The van der Waals surface area contributed by atoms with E-state index in [1.54, 1.807) is 13.8 Å². The number of ether oxygens (including phenoxy) is 3. The molecule has 0 aliphatic heterocycles. The van der Waals surface area contributed by atoms with Gasteiger partial charge in [-0.25, -0.2) is 4.79 Å². The van der Waals surface area contributed by atoms with E-state index in [4.69, 9.17) is 31.1 Å². The Morgan fingerprint density at radius 3 is 1.82 bits per heavy atom. The number of carbonyl (C=O) groups is 4. The summed E-state index contributed by atoms with van der Waals surface area (Å²) in [7, 11) is 0. The molecule has 3 atom stereocenters. The number of unbranched alkanes of at least 4 members (excludes halogenated alkanes) is 1. The van der Waals surface area contributed by atoms with Gasteiger partial charge in [0.2, 0.25) is 11.8 Å². The first-order valence-electron chi connectivity index (χ1n) is 22.5. The number of carbonyl (C=O) groups excluding carboxylic acids is 4. The molecule has 0 saturated carbocycles. The quantitative estimate of drug-likeness (QED) is 0.0142. The van der Waals surface area contributed by atoms with Gasteiger partial charge in [0.1, 0.15) is 36.2 Å². The van der Waals surface area contributed by atoms with Crippen LogP contribution in [0.3, 0.4) is 0 Å². The van der Waals surface area contributed by atoms with E-state index in [1.165, 1.54) is 0 Å². The van der Waals surface area contributed by atoms with Gasteiger partial charge < -0.3 is 46.9 Å². The zero-order chi connectivity index (χ0) is 46.7. The van der Waals surface area contributed by atoms with Crippen LogP contribution in [0.2, 0.25) is 0 Å². The number of nitrogens with one attached hydrogen (secondary N) is 5. The summed E-state index contributed by atoms with van der Waals surface area (Å²) in [6.45, 7) is 8.67. The number of hydrogen-bond donors (Lipinski definition) is 7. The number of benzene rings is 5. The van der Waals surface area contributed by atoms with Crippen LogP contribution >= 0.6 is 0 Å². The van der Waals surface area contributed by atoms with Crippen molar-refractivity contribution in [2.45, 2.75) is 91.0 Å². The Morgan fingerprint density at radius 1 is 0.646 bits per heavy atom. The van der Waals surface area contributed by atoms with Crippen molar-refractivity contribution in [1.29, 1.82) is 5.41 Å². The minimum absolute atomic E-state index is 0.0305. The molecule has 0 aliphatic rings. The Balaban J connectivity index is 1.36. The number of fused-ring (bicyclic) bond motifs is 2. The first kappa shape index (κ1) is 49.3. The van der Waals surface area contributed by atoms with Crippen molar-refractivity contribution in [3.63, 3.8) is 0 Å². The van der Waals surface area contributed by atoms with Crippen molar-refractivity contribution in [3.8, 4) is 22.6 Å². The van der Waals surface area contributed by atoms with E-state index in [1.807, 2.05) is 97.1 Å². The highest BCUT2D eigenvalue weighted by Crippen LogP contribution is 2.45. The fourth-order valence-corrected chi connectivity index (χ4v) is 7.45. The standard InChI is InChI=1S/C51H65N7O7/c1-33(2)27-30-63-42-25-23-36-17-8-10-19-38(36)45(42)46-39-20-11-9-18-37(39)24-26-43(46)64-32-44(59)56-40(21-12-13-28-52)48(60)57-41(22-14-29-55-51(53)54)49(61)58-47(34(3)4)50(62)65-31-35-15-6-5-7-16-35/h5-11,15-20,23-26,33-34,40-41,47H,12-14,21-22,27-32,52H2,1-4H3,(H,56,59)(H,57,60)(H,58,61)(H4,53,54,55)/t40-,41-,47+/m1/s1. The van der Waals surface area contributed by atoms with Gasteiger partial charge in [0.25, 0.3) is 5.91 Å². The third kappa shape index (κ3) is 14.7. The fraction of sp³-hybridized carbons (Fsp3) is 0.392. The van der Waals surface area contributed by atoms with Gasteiger partial charge in [-0.2, -0.15) is 0 Å². The van der Waals surface area contributed by atoms with Crippen LogP contribution in [0.4, 0.5) is 0 Å². The summed E-state index contributed by atoms with van der Waals surface area (Å²) < 4.78 is 18.4. The van der Waals surface area contributed by atoms with E-state index in [9.17, 15) is 19.2 Å². The molecule has 3 amide bonds. The monoisotopic (exact) mass is 887 g/mol. The average molecular weight is 888 g/mol. The number of esters is 1. The summed E-state index contributed by atoms with van der Waals surface area (Å²) in [6, 6.07) is 29.9. The van der Waals surface area contributed by atoms with E-state index >= 15 is 0 Å². The Bertz CT molecular complexity index is 2370. The lowest BCUT2D eigenvalue weighted by Crippen LogP contribution is -2.57. The van der Waals surface area contributed by atoms with E-state index in [2.05, 4.69) is 41.2 Å². The zero-order valence-electron chi connectivity index (χ0n) is 38.0. The zero-order valence-corrected chi connectivity index (χ0v) is 38.0. The summed E-state index contributed by atoms with van der Waals surface area (Å²) >= 11 is 0. The molecule has 0 fully saturated rings. The van der Waals surface area contributed by atoms with Gasteiger partial charge in [0.05, 0.1) is 6.61 Å². The van der Waals surface area contributed by atoms with Gasteiger partial charge in [0, 0.05) is 17.7 Å². The normalized spacial score (nSPS) is 12.6. The van der Waals surface area contributed by atoms with E-state index < -0.39 is 48.4 Å². The van der Waals surface area contributed by atoms with Gasteiger partial charge in [-0.05, 0) is 96.1 Å². The molecule has 14 nitrogen and oxygen atoms in total. The Labute approximate surface area is 382 Å². The van der Waals surface area contributed by atoms with Crippen molar-refractivity contribution in [2.75, 3.05) is 26.3 Å². The fourth-order valence-electron chi connectivity index (χ4n) is 7.45. The molecule has 14 heteroatoms. The molecule has 0 unspecified atom stereocenters. The highest BCUT2D eigenvalue weighted by molar-refractivity contribution is 6.10. The van der Waals surface area contributed by atoms with Gasteiger partial charge in [-0.3, -0.25) is 19.8 Å². The third-order valence-corrected chi connectivity index (χ3v) is 11.0. The van der Waals surface area contributed by atoms with Gasteiger partial charge >= 0.3 is 5.97 Å². The lowest BCUT2D eigenvalue weighted by Gasteiger charge is -2.26. The molecule has 0 aliphatic carbocycles. The maximum atomic E-state index is 14.1. The number of amides is 3. The van der Waals surface area contributed by atoms with Crippen LogP contribution in [-0.2, 0) is 30.5 Å². The first-order chi connectivity index (χ1) is 31.4. The number of rotatable bonds is 25. The topological polar surface area (TPSA) is 220 Å². The van der Waals surface area contributed by atoms with Crippen LogP contribution < -0.4 is 42.2 Å². The molecule has 65 heavy (non-hydrogen) atoms. The molecular weight excluding hydrogens is 823 g/mol. The first-order valence-corrected chi connectivity index (χ1v) is 22.5. The van der Waals surface area contributed by atoms with E-state index in [0.29, 0.717) is 49.8 Å². The lowest BCUT2D eigenvalue weighted by molar-refractivity contribution is -0.150. The molecule has 0 saturated heterocycles. The molecule has 346 valence electrons. The molecule has 0 spiro atoms. The molecule has 0 heterocycles. The van der Waals surface area contributed by atoms with Crippen molar-refractivity contribution < 1.29 is 33.4 Å². The SMILES string of the molecule is CC(C)CCOc1ccc2ccccc2c1-c1c(OCC(=O)N[C@H](CCCCN)C(=O)N[C@H](CCCNC(=N)N)C(=O)N[C@H](C(=O)OCc2ccccc2)C(C)C)ccc2ccccc12. The van der Waals surface area contributed by atoms with Crippen LogP contribution in [0.5, 0.6) is 11.5 Å². The van der Waals surface area contributed by atoms with E-state index in [0.717, 1.165) is 44.7 Å². The predicted molar refractivity (Wildman–Crippen MR) is 256 cm³/mol. The van der Waals surface area contributed by atoms with Crippen LogP contribution in [0.25, 0.3) is 32.7 Å². The largest absolute Gasteiger partial charge is 0.493 e. The van der Waals surface area contributed by atoms with Crippen molar-refractivity contribution >= 4 is 51.2 Å². The molecule has 0 bridgehead atoms. The summed E-state index contributed by atoms with van der Waals surface area (Å²) in [4.78, 5) is 55.2. The molecule has 5 rings (SSSR count). The maximum Gasteiger partial charge on any atom is 0.329 e. The van der Waals surface area contributed by atoms with Crippen molar-refractivity contribution in [2.24, 2.45) is 23.3 Å². The van der Waals surface area contributed by atoms with E-state index in [-0.39, 0.29) is 37.9 Å². The van der Waals surface area contributed by atoms with Gasteiger partial charge in [-0.1, -0.05) is 119 Å². The number of hydrogen-bond acceptors (Lipinski definition) is 9. The van der Waals surface area contributed by atoms with Crippen molar-refractivity contribution in [1.82, 2.24) is 21.3 Å². The predicted octanol–water partition coefficient (Wildman–Crippen LogP) is 6.71. The highest BCUT2D eigenvalue weighted by Gasteiger charge is 2.32. The number of guanidine groups is 1. The second-order valence-electron chi connectivity index (χ2n) is 16.9.